The number of ketones is 1. The maximum Gasteiger partial charge on any atom is 0.287 e. The summed E-state index contributed by atoms with van der Waals surface area (Å²) in [6, 6.07) is 13.2. The lowest BCUT2D eigenvalue weighted by molar-refractivity contribution is -0.147. The molecule has 0 radical (unpaired) electrons. The van der Waals surface area contributed by atoms with Gasteiger partial charge in [-0.25, -0.2) is 4.68 Å². The number of hydrogen-bond donors (Lipinski definition) is 3. The number of carbonyl (C=O) groups excluding carboxylic acids is 5. The van der Waals surface area contributed by atoms with Crippen LogP contribution in [0.25, 0.3) is 10.8 Å². The van der Waals surface area contributed by atoms with Crippen LogP contribution in [0.3, 0.4) is 0 Å². The van der Waals surface area contributed by atoms with E-state index >= 15 is 0 Å². The summed E-state index contributed by atoms with van der Waals surface area (Å²) >= 11 is 0. The van der Waals surface area contributed by atoms with Crippen molar-refractivity contribution < 1.29 is 28.7 Å². The van der Waals surface area contributed by atoms with Crippen LogP contribution in [0.5, 0.6) is 0 Å². The zero-order valence-corrected chi connectivity index (χ0v) is 27.3. The molecule has 6 rings (SSSR count). The summed E-state index contributed by atoms with van der Waals surface area (Å²) in [5.74, 6) is -3.45. The maximum absolute atomic E-state index is 14.7. The van der Waals surface area contributed by atoms with Crippen LogP contribution in [-0.2, 0) is 23.9 Å². The third kappa shape index (κ3) is 7.41. The van der Waals surface area contributed by atoms with Gasteiger partial charge in [0.1, 0.15) is 17.6 Å². The van der Waals surface area contributed by atoms with E-state index in [1.165, 1.54) is 27.9 Å². The number of fused-ring (bicyclic) bond motifs is 1. The van der Waals surface area contributed by atoms with Crippen LogP contribution in [0.15, 0.2) is 65.6 Å². The highest BCUT2D eigenvalue weighted by Gasteiger charge is 2.49. The molecule has 13 nitrogen and oxygen atoms in total. The van der Waals surface area contributed by atoms with Crippen LogP contribution >= 0.6 is 0 Å². The molecule has 1 aliphatic carbocycles. The normalized spacial score (nSPS) is 21.5. The molecular formula is C36H42N6O7. The fourth-order valence-electron chi connectivity index (χ4n) is 7.56. The molecule has 1 unspecified atom stereocenters. The minimum atomic E-state index is -1.58. The van der Waals surface area contributed by atoms with Gasteiger partial charge >= 0.3 is 0 Å². The number of amides is 4. The van der Waals surface area contributed by atoms with Crippen molar-refractivity contribution in [1.82, 2.24) is 25.3 Å². The number of primary amides is 1. The predicted molar refractivity (Wildman–Crippen MR) is 179 cm³/mol. The predicted octanol–water partition coefficient (Wildman–Crippen LogP) is 2.03. The zero-order valence-electron chi connectivity index (χ0n) is 27.3. The van der Waals surface area contributed by atoms with E-state index in [9.17, 15) is 28.8 Å². The van der Waals surface area contributed by atoms with Gasteiger partial charge in [0.25, 0.3) is 17.4 Å². The number of rotatable bonds is 10. The summed E-state index contributed by atoms with van der Waals surface area (Å²) in [5.41, 5.74) is 3.82. The number of hydrogen-bond acceptors (Lipinski definition) is 8. The molecule has 3 aliphatic rings. The summed E-state index contributed by atoms with van der Waals surface area (Å²) in [7, 11) is 0. The van der Waals surface area contributed by atoms with Gasteiger partial charge in [-0.1, -0.05) is 62.4 Å². The van der Waals surface area contributed by atoms with Crippen molar-refractivity contribution in [3.63, 3.8) is 0 Å². The first-order valence-corrected chi connectivity index (χ1v) is 17.0. The first-order valence-electron chi connectivity index (χ1n) is 17.0. The topological polar surface area (TPSA) is 183 Å². The Hall–Kier alpha value is -4.91. The zero-order chi connectivity index (χ0) is 34.5. The van der Waals surface area contributed by atoms with E-state index in [0.29, 0.717) is 12.0 Å². The molecule has 3 heterocycles. The highest BCUT2D eigenvalue weighted by atomic mass is 16.5. The van der Waals surface area contributed by atoms with Crippen LogP contribution in [0, 0.1) is 5.92 Å². The molecule has 0 bridgehead atoms. The van der Waals surface area contributed by atoms with E-state index in [2.05, 4.69) is 15.7 Å². The Morgan fingerprint density at radius 1 is 0.959 bits per heavy atom. The molecule has 3 fully saturated rings. The van der Waals surface area contributed by atoms with E-state index in [4.69, 9.17) is 10.5 Å². The van der Waals surface area contributed by atoms with E-state index < -0.39 is 58.6 Å². The average molecular weight is 671 g/mol. The number of benzene rings is 2. The van der Waals surface area contributed by atoms with E-state index in [1.807, 2.05) is 30.3 Å². The number of aromatic nitrogens is 2. The fourth-order valence-corrected chi connectivity index (χ4v) is 7.56. The second-order valence-corrected chi connectivity index (χ2v) is 13.4. The van der Waals surface area contributed by atoms with Gasteiger partial charge in [-0.15, -0.1) is 0 Å². The molecule has 2 aliphatic heterocycles. The van der Waals surface area contributed by atoms with Gasteiger partial charge in [0.05, 0.1) is 6.04 Å². The number of nitrogens with zero attached hydrogens (tertiary/aromatic N) is 3. The Bertz CT molecular complexity index is 1800. The molecule has 3 aromatic rings. The Kier molecular flexibility index (Phi) is 10.2. The van der Waals surface area contributed by atoms with Crippen molar-refractivity contribution in [2.24, 2.45) is 11.7 Å². The van der Waals surface area contributed by atoms with Crippen molar-refractivity contribution in [3.8, 4) is 0 Å². The lowest BCUT2D eigenvalue weighted by Gasteiger charge is -2.37. The van der Waals surface area contributed by atoms with Crippen LogP contribution in [-0.4, -0.2) is 81.5 Å². The summed E-state index contributed by atoms with van der Waals surface area (Å²) in [4.78, 5) is 81.9. The first kappa shape index (κ1) is 34.0. The molecule has 1 aromatic heterocycles. The quantitative estimate of drug-likeness (QED) is 0.274. The monoisotopic (exact) mass is 670 g/mol. The smallest absolute Gasteiger partial charge is 0.287 e. The third-order valence-electron chi connectivity index (χ3n) is 10.2. The SMILES string of the molecule is NC(=O)C(=O)C1(NC(=O)[C@@H]2C[C@H](n3ncccc3=O)CN2C(=O)C(CC2CCCCC2)NC(=O)c2ccc3ccccc3c2)CCOCC1. The van der Waals surface area contributed by atoms with E-state index in [1.54, 1.807) is 12.1 Å². The molecule has 1 saturated carbocycles. The van der Waals surface area contributed by atoms with Crippen molar-refractivity contribution in [2.75, 3.05) is 19.8 Å². The van der Waals surface area contributed by atoms with Crippen LogP contribution < -0.4 is 21.9 Å². The minimum Gasteiger partial charge on any atom is -0.381 e. The van der Waals surface area contributed by atoms with Gasteiger partial charge in [-0.3, -0.25) is 28.8 Å². The van der Waals surface area contributed by atoms with Gasteiger partial charge in [0.15, 0.2) is 0 Å². The summed E-state index contributed by atoms with van der Waals surface area (Å²) in [5, 5.41) is 11.8. The average Bonchev–Trinajstić information content (AvgIpc) is 3.57. The number of likely N-dealkylation sites (tertiary alicyclic amines) is 1. The lowest BCUT2D eigenvalue weighted by Crippen LogP contribution is -2.64. The second kappa shape index (κ2) is 14.7. The van der Waals surface area contributed by atoms with Gasteiger partial charge in [-0.05, 0) is 41.3 Å². The molecule has 0 spiro atoms. The molecule has 4 N–H and O–H groups in total. The number of nitrogens with one attached hydrogen (secondary N) is 2. The fraction of sp³-hybridized carbons (Fsp3) is 0.472. The third-order valence-corrected chi connectivity index (χ3v) is 10.2. The molecule has 13 heteroatoms. The van der Waals surface area contributed by atoms with E-state index in [0.717, 1.165) is 42.9 Å². The number of nitrogens with two attached hydrogens (primary N) is 1. The Labute approximate surface area is 283 Å². The molecular weight excluding hydrogens is 628 g/mol. The Morgan fingerprint density at radius 3 is 2.41 bits per heavy atom. The van der Waals surface area contributed by atoms with E-state index in [-0.39, 0.29) is 44.9 Å². The standard InChI is InChI=1S/C36H42N6O7/c37-32(45)31(44)36(14-17-49-18-15-36)40-34(47)29-21-27(42-30(43)11-6-16-38-42)22-41(29)35(48)28(19-23-7-2-1-3-8-23)39-33(46)26-13-12-24-9-4-5-10-25(24)20-26/h4-6,9-13,16,20,23,27-29H,1-3,7-8,14-15,17-19,21-22H2,(H2,37,45)(H,39,46)(H,40,47)/t27-,28?,29-/m0/s1. The molecule has 3 atom stereocenters. The van der Waals surface area contributed by atoms with Crippen LogP contribution in [0.1, 0.15) is 74.2 Å². The van der Waals surface area contributed by atoms with Gasteiger partial charge in [0.2, 0.25) is 17.6 Å². The molecule has 2 saturated heterocycles. The van der Waals surface area contributed by atoms with Gasteiger partial charge < -0.3 is 26.0 Å². The molecule has 2 aromatic carbocycles. The van der Waals surface area contributed by atoms with Crippen LogP contribution in [0.2, 0.25) is 0 Å². The van der Waals surface area contributed by atoms with Gasteiger partial charge in [0, 0.05) is 56.8 Å². The highest BCUT2D eigenvalue weighted by Crippen LogP contribution is 2.32. The summed E-state index contributed by atoms with van der Waals surface area (Å²) in [6.45, 7) is 0.229. The molecule has 49 heavy (non-hydrogen) atoms. The Morgan fingerprint density at radius 2 is 1.69 bits per heavy atom. The summed E-state index contributed by atoms with van der Waals surface area (Å²) in [6.07, 6.45) is 6.97. The number of Topliss-reactive ketones (excluding diaryl/α,β-unsaturated/α-hetero) is 1. The minimum absolute atomic E-state index is 0.0271. The van der Waals surface area contributed by atoms with Crippen molar-refractivity contribution in [2.45, 2.75) is 81.5 Å². The largest absolute Gasteiger partial charge is 0.381 e. The van der Waals surface area contributed by atoms with Crippen molar-refractivity contribution >= 4 is 40.2 Å². The Balaban J connectivity index is 1.31. The highest BCUT2D eigenvalue weighted by molar-refractivity contribution is 6.39. The number of ether oxygens (including phenoxy) is 1. The molecule has 258 valence electrons. The van der Waals surface area contributed by atoms with Crippen molar-refractivity contribution in [1.29, 1.82) is 0 Å². The number of carbonyl (C=O) groups is 5. The van der Waals surface area contributed by atoms with Crippen molar-refractivity contribution in [3.05, 3.63) is 76.7 Å². The summed E-state index contributed by atoms with van der Waals surface area (Å²) < 4.78 is 6.65. The van der Waals surface area contributed by atoms with Crippen LogP contribution in [0.4, 0.5) is 0 Å². The van der Waals surface area contributed by atoms with Gasteiger partial charge in [-0.2, -0.15) is 5.10 Å². The lowest BCUT2D eigenvalue weighted by atomic mass is 9.84. The maximum atomic E-state index is 14.7. The first-order chi connectivity index (χ1) is 23.6. The second-order valence-electron chi connectivity index (χ2n) is 13.4. The molecule has 4 amide bonds.